The first-order valence-electron chi connectivity index (χ1n) is 11.8. The highest BCUT2D eigenvalue weighted by molar-refractivity contribution is 5.91. The van der Waals surface area contributed by atoms with Gasteiger partial charge in [0.15, 0.2) is 5.69 Å². The molecule has 1 amide bonds. The second-order valence-corrected chi connectivity index (χ2v) is 8.96. The van der Waals surface area contributed by atoms with Gasteiger partial charge in [0.1, 0.15) is 12.1 Å². The highest BCUT2D eigenvalue weighted by atomic mass is 19.1. The van der Waals surface area contributed by atoms with Crippen LogP contribution in [0.3, 0.4) is 0 Å². The van der Waals surface area contributed by atoms with E-state index >= 15 is 0 Å². The van der Waals surface area contributed by atoms with Gasteiger partial charge >= 0.3 is 0 Å². The molecule has 180 valence electrons. The van der Waals surface area contributed by atoms with Gasteiger partial charge in [0, 0.05) is 19.6 Å². The minimum atomic E-state index is -0.330. The fraction of sp³-hybridized carbons (Fsp3) is 0.241. The van der Waals surface area contributed by atoms with Crippen LogP contribution in [0.5, 0.6) is 0 Å². The predicted octanol–water partition coefficient (Wildman–Crippen LogP) is 6.07. The molecule has 4 rings (SSSR count). The molecule has 35 heavy (non-hydrogen) atoms. The van der Waals surface area contributed by atoms with Crippen LogP contribution in [-0.4, -0.2) is 15.8 Å². The van der Waals surface area contributed by atoms with E-state index in [1.54, 1.807) is 12.1 Å². The Hall–Kier alpha value is -3.77. The van der Waals surface area contributed by atoms with Crippen LogP contribution in [0.15, 0.2) is 89.5 Å². The zero-order chi connectivity index (χ0) is 24.6. The lowest BCUT2D eigenvalue weighted by Crippen LogP contribution is -2.24. The van der Waals surface area contributed by atoms with Crippen LogP contribution in [0.1, 0.15) is 58.4 Å². The van der Waals surface area contributed by atoms with Crippen LogP contribution in [-0.2, 0) is 26.2 Å². The zero-order valence-corrected chi connectivity index (χ0v) is 20.1. The highest BCUT2D eigenvalue weighted by Crippen LogP contribution is 2.18. The lowest BCUT2D eigenvalue weighted by atomic mass is 10.0. The molecule has 0 aliphatic rings. The van der Waals surface area contributed by atoms with Crippen LogP contribution in [0.4, 0.5) is 4.39 Å². The maximum atomic E-state index is 13.1. The molecular weight excluding hydrogens is 441 g/mol. The van der Waals surface area contributed by atoms with E-state index in [4.69, 9.17) is 4.42 Å². The summed E-state index contributed by atoms with van der Waals surface area (Å²) in [7, 11) is 0. The van der Waals surface area contributed by atoms with Gasteiger partial charge in [-0.15, -0.1) is 0 Å². The number of hydrogen-bond donors (Lipinski definition) is 1. The Kier molecular flexibility index (Phi) is 8.06. The number of hydrogen-bond acceptors (Lipinski definition) is 4. The standard InChI is InChI=1S/C29H30FN3O2/c1-21(2)25-12-8-24(9-13-25)18-33(17-23-6-4-3-5-7-23)19-28-32-27(20-35-28)29(34)31-16-22-10-14-26(30)15-11-22/h3-15,20-21H,16-19H2,1-2H3,(H,31,34). The third-order valence-electron chi connectivity index (χ3n) is 5.81. The topological polar surface area (TPSA) is 58.4 Å². The lowest BCUT2D eigenvalue weighted by Gasteiger charge is -2.21. The average Bonchev–Trinajstić information content (AvgIpc) is 3.33. The van der Waals surface area contributed by atoms with Crippen LogP contribution >= 0.6 is 0 Å². The van der Waals surface area contributed by atoms with Crippen LogP contribution < -0.4 is 5.32 Å². The summed E-state index contributed by atoms with van der Waals surface area (Å²) in [5, 5.41) is 2.80. The number of nitrogens with one attached hydrogen (secondary N) is 1. The Labute approximate surface area is 205 Å². The Morgan fingerprint density at radius 1 is 0.886 bits per heavy atom. The van der Waals surface area contributed by atoms with E-state index < -0.39 is 0 Å². The molecule has 0 fully saturated rings. The normalized spacial score (nSPS) is 11.2. The molecule has 1 heterocycles. The lowest BCUT2D eigenvalue weighted by molar-refractivity contribution is 0.0945. The van der Waals surface area contributed by atoms with Gasteiger partial charge in [-0.3, -0.25) is 9.69 Å². The molecular formula is C29H30FN3O2. The van der Waals surface area contributed by atoms with Gasteiger partial charge in [-0.2, -0.15) is 0 Å². The van der Waals surface area contributed by atoms with Crippen LogP contribution in [0.25, 0.3) is 0 Å². The maximum Gasteiger partial charge on any atom is 0.273 e. The van der Waals surface area contributed by atoms with Crippen molar-refractivity contribution in [2.24, 2.45) is 0 Å². The molecule has 0 saturated heterocycles. The van der Waals surface area contributed by atoms with Crippen molar-refractivity contribution >= 4 is 5.91 Å². The number of rotatable bonds is 10. The molecule has 0 bridgehead atoms. The summed E-state index contributed by atoms with van der Waals surface area (Å²) in [5.41, 5.74) is 4.74. The summed E-state index contributed by atoms with van der Waals surface area (Å²) < 4.78 is 18.7. The maximum absolute atomic E-state index is 13.1. The first-order chi connectivity index (χ1) is 17.0. The van der Waals surface area contributed by atoms with Crippen molar-refractivity contribution in [3.8, 4) is 0 Å². The number of nitrogens with zero attached hydrogens (tertiary/aromatic N) is 2. The molecule has 0 unspecified atom stereocenters. The molecule has 3 aromatic carbocycles. The molecule has 0 aliphatic carbocycles. The Morgan fingerprint density at radius 3 is 2.17 bits per heavy atom. The van der Waals surface area contributed by atoms with Crippen molar-refractivity contribution in [2.75, 3.05) is 0 Å². The summed E-state index contributed by atoms with van der Waals surface area (Å²) in [4.78, 5) is 19.2. The predicted molar refractivity (Wildman–Crippen MR) is 134 cm³/mol. The van der Waals surface area contributed by atoms with Gasteiger partial charge < -0.3 is 9.73 Å². The highest BCUT2D eigenvalue weighted by Gasteiger charge is 2.16. The van der Waals surface area contributed by atoms with Crippen molar-refractivity contribution in [3.63, 3.8) is 0 Å². The number of aromatic nitrogens is 1. The fourth-order valence-electron chi connectivity index (χ4n) is 3.83. The number of halogens is 1. The van der Waals surface area contributed by atoms with Gasteiger partial charge in [-0.05, 0) is 40.3 Å². The van der Waals surface area contributed by atoms with E-state index in [1.807, 2.05) is 18.2 Å². The summed E-state index contributed by atoms with van der Waals surface area (Å²) in [6.45, 7) is 6.57. The quantitative estimate of drug-likeness (QED) is 0.305. The summed E-state index contributed by atoms with van der Waals surface area (Å²) in [5.74, 6) is 0.330. The largest absolute Gasteiger partial charge is 0.447 e. The SMILES string of the molecule is CC(C)c1ccc(CN(Cc2ccccc2)Cc2nc(C(=O)NCc3ccc(F)cc3)co2)cc1. The molecule has 1 N–H and O–H groups in total. The van der Waals surface area contributed by atoms with Crippen LogP contribution in [0, 0.1) is 5.82 Å². The van der Waals surface area contributed by atoms with E-state index in [2.05, 4.69) is 65.4 Å². The van der Waals surface area contributed by atoms with Gasteiger partial charge in [-0.25, -0.2) is 9.37 Å². The second kappa shape index (κ2) is 11.6. The molecule has 0 aliphatic heterocycles. The molecule has 1 aromatic heterocycles. The molecule has 4 aromatic rings. The number of amides is 1. The van der Waals surface area contributed by atoms with E-state index in [0.29, 0.717) is 18.4 Å². The Balaban J connectivity index is 1.42. The number of carbonyl (C=O) groups excluding carboxylic acids is 1. The van der Waals surface area contributed by atoms with Gasteiger partial charge in [-0.1, -0.05) is 80.6 Å². The Morgan fingerprint density at radius 2 is 1.51 bits per heavy atom. The smallest absolute Gasteiger partial charge is 0.273 e. The van der Waals surface area contributed by atoms with Crippen molar-refractivity contribution in [1.82, 2.24) is 15.2 Å². The summed E-state index contributed by atoms with van der Waals surface area (Å²) in [6.07, 6.45) is 1.38. The third kappa shape index (κ3) is 7.11. The minimum absolute atomic E-state index is 0.225. The van der Waals surface area contributed by atoms with Gasteiger partial charge in [0.25, 0.3) is 5.91 Å². The molecule has 6 heteroatoms. The van der Waals surface area contributed by atoms with E-state index in [-0.39, 0.29) is 24.0 Å². The number of benzene rings is 3. The first-order valence-corrected chi connectivity index (χ1v) is 11.8. The summed E-state index contributed by atoms with van der Waals surface area (Å²) in [6, 6.07) is 24.9. The number of oxazole rings is 1. The molecule has 5 nitrogen and oxygen atoms in total. The van der Waals surface area contributed by atoms with Gasteiger partial charge in [0.05, 0.1) is 6.54 Å². The zero-order valence-electron chi connectivity index (χ0n) is 20.1. The fourth-order valence-corrected chi connectivity index (χ4v) is 3.83. The van der Waals surface area contributed by atoms with Crippen molar-refractivity contribution < 1.29 is 13.6 Å². The van der Waals surface area contributed by atoms with Crippen molar-refractivity contribution in [3.05, 3.63) is 125 Å². The molecule has 0 radical (unpaired) electrons. The van der Waals surface area contributed by atoms with E-state index in [9.17, 15) is 9.18 Å². The molecule has 0 saturated carbocycles. The second-order valence-electron chi connectivity index (χ2n) is 8.96. The van der Waals surface area contributed by atoms with E-state index in [1.165, 1.54) is 35.1 Å². The third-order valence-corrected chi connectivity index (χ3v) is 5.81. The van der Waals surface area contributed by atoms with Gasteiger partial charge in [0.2, 0.25) is 5.89 Å². The van der Waals surface area contributed by atoms with Crippen molar-refractivity contribution in [2.45, 2.75) is 45.9 Å². The molecule has 0 spiro atoms. The minimum Gasteiger partial charge on any atom is -0.447 e. The first kappa shape index (κ1) is 24.4. The summed E-state index contributed by atoms with van der Waals surface area (Å²) >= 11 is 0. The van der Waals surface area contributed by atoms with Crippen LogP contribution in [0.2, 0.25) is 0 Å². The molecule has 0 atom stereocenters. The van der Waals surface area contributed by atoms with E-state index in [0.717, 1.165) is 18.7 Å². The van der Waals surface area contributed by atoms with Crippen molar-refractivity contribution in [1.29, 1.82) is 0 Å². The Bertz CT molecular complexity index is 1220. The number of carbonyl (C=O) groups is 1. The monoisotopic (exact) mass is 471 g/mol. The average molecular weight is 472 g/mol.